The maximum Gasteiger partial charge on any atom is 0.197 e. The summed E-state index contributed by atoms with van der Waals surface area (Å²) in [6.07, 6.45) is 1.97. The molecular weight excluding hydrogens is 409 g/mol. The van der Waals surface area contributed by atoms with E-state index in [4.69, 9.17) is 10.3 Å². The van der Waals surface area contributed by atoms with Crippen LogP contribution in [0.5, 0.6) is 0 Å². The van der Waals surface area contributed by atoms with Crippen LogP contribution in [-0.2, 0) is 13.7 Å². The molecule has 0 heterocycles. The molecule has 0 bridgehead atoms. The molecule has 1 rings (SSSR count). The molecule has 2 unspecified atom stereocenters. The van der Waals surface area contributed by atoms with Crippen molar-refractivity contribution >= 4 is 22.1 Å². The zero-order chi connectivity index (χ0) is 24.4. The third-order valence-corrected chi connectivity index (χ3v) is 14.1. The first-order chi connectivity index (χ1) is 14.1. The predicted octanol–water partition coefficient (Wildman–Crippen LogP) is 7.59. The van der Waals surface area contributed by atoms with E-state index in [9.17, 15) is 4.79 Å². The second-order valence-electron chi connectivity index (χ2n) is 11.4. The van der Waals surface area contributed by atoms with Gasteiger partial charge in [0.15, 0.2) is 22.1 Å². The van der Waals surface area contributed by atoms with Crippen molar-refractivity contribution in [3.63, 3.8) is 0 Å². The van der Waals surface area contributed by atoms with Gasteiger partial charge >= 0.3 is 0 Å². The molecule has 1 fully saturated rings. The highest BCUT2D eigenvalue weighted by Gasteiger charge is 2.54. The second-order valence-corrected chi connectivity index (χ2v) is 17.8. The van der Waals surface area contributed by atoms with Crippen molar-refractivity contribution in [2.75, 3.05) is 0 Å². The molecule has 0 spiro atoms. The van der Waals surface area contributed by atoms with Crippen molar-refractivity contribution in [1.82, 2.24) is 4.67 Å². The summed E-state index contributed by atoms with van der Waals surface area (Å²) >= 11 is 0. The van der Waals surface area contributed by atoms with Gasteiger partial charge in [0, 0.05) is 19.9 Å². The normalized spacial score (nSPS) is 29.7. The minimum atomic E-state index is -2.03. The lowest BCUT2D eigenvalue weighted by Gasteiger charge is -2.44. The van der Waals surface area contributed by atoms with Crippen LogP contribution in [0.3, 0.4) is 0 Å². The molecule has 1 saturated carbocycles. The van der Waals surface area contributed by atoms with Gasteiger partial charge in [0.1, 0.15) is 0 Å². The van der Waals surface area contributed by atoms with Crippen molar-refractivity contribution < 1.29 is 15.1 Å². The van der Waals surface area contributed by atoms with E-state index in [0.29, 0.717) is 19.2 Å². The number of carbonyl (C=O) groups excluding carboxylic acids is 1. The van der Waals surface area contributed by atoms with E-state index in [2.05, 4.69) is 80.1 Å². The van der Waals surface area contributed by atoms with Crippen molar-refractivity contribution in [1.29, 1.82) is 0 Å². The van der Waals surface area contributed by atoms with E-state index in [1.165, 1.54) is 0 Å². The van der Waals surface area contributed by atoms with Gasteiger partial charge in [-0.15, -0.1) is 0 Å². The lowest BCUT2D eigenvalue weighted by molar-refractivity contribution is -0.113. The number of hydrogen-bond acceptors (Lipinski definition) is 4. The lowest BCUT2D eigenvalue weighted by atomic mass is 9.83. The van der Waals surface area contributed by atoms with Crippen LogP contribution in [0, 0.1) is 11.3 Å². The van der Waals surface area contributed by atoms with E-state index in [-0.39, 0.29) is 40.3 Å². The Morgan fingerprint density at radius 3 is 2.13 bits per heavy atom. The minimum Gasteiger partial charge on any atom is -0.411 e. The Morgan fingerprint density at radius 2 is 1.77 bits per heavy atom. The molecule has 4 nitrogen and oxygen atoms in total. The van der Waals surface area contributed by atoms with Gasteiger partial charge in [-0.1, -0.05) is 48.4 Å². The molecule has 6 heteroatoms. The van der Waals surface area contributed by atoms with Crippen LogP contribution in [0.25, 0.3) is 0 Å². The fourth-order valence-corrected chi connectivity index (χ4v) is 7.78. The highest BCUT2D eigenvalue weighted by molar-refractivity contribution is 7.68. The zero-order valence-corrected chi connectivity index (χ0v) is 23.7. The third kappa shape index (κ3) is 6.16. The van der Waals surface area contributed by atoms with Crippen molar-refractivity contribution in [3.8, 4) is 0 Å². The highest BCUT2D eigenvalue weighted by Crippen LogP contribution is 2.56. The average Bonchev–Trinajstić information content (AvgIpc) is 2.90. The maximum absolute atomic E-state index is 13.2. The molecule has 5 atom stereocenters. The molecule has 0 aliphatic heterocycles. The molecule has 0 amide bonds. The average molecular weight is 461 g/mol. The van der Waals surface area contributed by atoms with E-state index >= 15 is 0 Å². The molecule has 0 aromatic heterocycles. The van der Waals surface area contributed by atoms with Crippen molar-refractivity contribution in [2.45, 2.75) is 138 Å². The Bertz CT molecular complexity index is 582. The summed E-state index contributed by atoms with van der Waals surface area (Å²) in [4.78, 5) is 13.2. The smallest absolute Gasteiger partial charge is 0.197 e. The Morgan fingerprint density at radius 1 is 1.23 bits per heavy atom. The second kappa shape index (κ2) is 10.4. The monoisotopic (exact) mass is 460 g/mol. The van der Waals surface area contributed by atoms with Gasteiger partial charge < -0.3 is 8.95 Å². The summed E-state index contributed by atoms with van der Waals surface area (Å²) in [5.41, 5.74) is -0.0845. The highest BCUT2D eigenvalue weighted by atomic mass is 31.2. The summed E-state index contributed by atoms with van der Waals surface area (Å²) in [5.74, 6) is 0.310. The summed E-state index contributed by atoms with van der Waals surface area (Å²) < 4.78 is 24.6. The first-order valence-electron chi connectivity index (χ1n) is 12.5. The van der Waals surface area contributed by atoms with Gasteiger partial charge in [-0.25, -0.2) is 4.67 Å². The van der Waals surface area contributed by atoms with Crippen LogP contribution in [0.15, 0.2) is 0 Å². The van der Waals surface area contributed by atoms with E-state index in [1.807, 2.05) is 6.92 Å². The standard InChI is InChI=1S/C24H50NO3PSi/c1-14-20(26)29(25(17(3)4)18(5)6)27-22-21(19(7)16-24(22,11)15-2)28-30(12,13)23(8,9)10/h17-19,21-22H,14-16H2,1-13H3/t19-,21-,22?,24+,29?/m1/s1/i11D. The molecular formula is C24H50NO3PSi. The first kappa shape index (κ1) is 26.4. The topological polar surface area (TPSA) is 38.8 Å². The SMILES string of the molecule is [2H]C[C@]1(CC)C[C@@H](C)[C@@H](O[Si](C)(C)C(C)(C)C)C1OP(C(=O)CC)N(C(C)C)C(C)C. The fraction of sp³-hybridized carbons (Fsp3) is 0.958. The zero-order valence-electron chi connectivity index (χ0n) is 22.8. The van der Waals surface area contributed by atoms with Crippen molar-refractivity contribution in [2.24, 2.45) is 11.3 Å². The summed E-state index contributed by atoms with van der Waals surface area (Å²) in [7, 11) is -3.45. The molecule has 0 radical (unpaired) electrons. The van der Waals surface area contributed by atoms with Gasteiger partial charge in [0.05, 0.1) is 12.2 Å². The van der Waals surface area contributed by atoms with Crippen LogP contribution >= 0.6 is 8.30 Å². The third-order valence-electron chi connectivity index (χ3n) is 7.13. The van der Waals surface area contributed by atoms with E-state index < -0.39 is 16.6 Å². The van der Waals surface area contributed by atoms with Gasteiger partial charge in [-0.05, 0) is 70.0 Å². The molecule has 1 aliphatic carbocycles. The van der Waals surface area contributed by atoms with Crippen LogP contribution in [0.4, 0.5) is 0 Å². The largest absolute Gasteiger partial charge is 0.411 e. The summed E-state index contributed by atoms with van der Waals surface area (Å²) in [5, 5.41) is 0.0988. The van der Waals surface area contributed by atoms with Gasteiger partial charge in [0.25, 0.3) is 0 Å². The molecule has 0 aromatic rings. The molecule has 1 aliphatic rings. The Labute approximate surface area is 191 Å². The molecule has 0 N–H and O–H groups in total. The van der Waals surface area contributed by atoms with Gasteiger partial charge in [0.2, 0.25) is 0 Å². The number of hydrogen-bond donors (Lipinski definition) is 0. The molecule has 0 saturated heterocycles. The minimum absolute atomic E-state index is 0.0676. The van der Waals surface area contributed by atoms with Gasteiger partial charge in [-0.2, -0.15) is 0 Å². The first-order valence-corrected chi connectivity index (χ1v) is 16.0. The molecule has 0 aromatic carbocycles. The fourth-order valence-electron chi connectivity index (χ4n) is 4.23. The van der Waals surface area contributed by atoms with E-state index in [1.54, 1.807) is 0 Å². The van der Waals surface area contributed by atoms with Crippen molar-refractivity contribution in [3.05, 3.63) is 0 Å². The molecule has 178 valence electrons. The van der Waals surface area contributed by atoms with E-state index in [0.717, 1.165) is 12.8 Å². The van der Waals surface area contributed by atoms with Crippen LogP contribution in [0.2, 0.25) is 18.1 Å². The Balaban J connectivity index is 3.46. The lowest BCUT2D eigenvalue weighted by Crippen LogP contribution is -2.49. The molecule has 30 heavy (non-hydrogen) atoms. The summed E-state index contributed by atoms with van der Waals surface area (Å²) in [6, 6.07) is 0.430. The predicted molar refractivity (Wildman–Crippen MR) is 133 cm³/mol. The Kier molecular flexibility index (Phi) is 9.19. The van der Waals surface area contributed by atoms with Crippen LogP contribution in [-0.4, -0.2) is 42.8 Å². The maximum atomic E-state index is 13.2. The quantitative estimate of drug-likeness (QED) is 0.249. The van der Waals surface area contributed by atoms with Crippen LogP contribution < -0.4 is 0 Å². The van der Waals surface area contributed by atoms with Crippen LogP contribution in [0.1, 0.15) is 96.8 Å². The number of carbonyl (C=O) groups is 1. The van der Waals surface area contributed by atoms with Gasteiger partial charge in [-0.3, -0.25) is 4.79 Å². The Hall–Kier alpha value is 0.197. The number of nitrogens with zero attached hydrogens (tertiary/aromatic N) is 1. The summed E-state index contributed by atoms with van der Waals surface area (Å²) in [6.45, 7) is 26.6. The number of rotatable bonds is 10.